The molecule has 0 spiro atoms. The molecule has 25 heavy (non-hydrogen) atoms. The smallest absolute Gasteiger partial charge is 0.488 e. The van der Waals surface area contributed by atoms with Crippen LogP contribution in [0.3, 0.4) is 0 Å². The molecule has 2 aromatic rings. The molecule has 7 heteroatoms. The summed E-state index contributed by atoms with van der Waals surface area (Å²) in [7, 11) is -3.29. The van der Waals surface area contributed by atoms with E-state index in [1.54, 1.807) is 19.2 Å². The van der Waals surface area contributed by atoms with Gasteiger partial charge >= 0.3 is 10.5 Å². The molecular weight excluding hydrogens is 345 g/mol. The van der Waals surface area contributed by atoms with E-state index >= 15 is 0 Å². The van der Waals surface area contributed by atoms with Crippen LogP contribution in [-0.2, 0) is 17.0 Å². The molecule has 1 atom stereocenters. The Kier molecular flexibility index (Phi) is 5.24. The van der Waals surface area contributed by atoms with Gasteiger partial charge in [-0.15, -0.1) is 0 Å². The molecule has 0 N–H and O–H groups in total. The summed E-state index contributed by atoms with van der Waals surface area (Å²) in [6.07, 6.45) is 1.06. The Morgan fingerprint density at radius 1 is 1.16 bits per heavy atom. The number of hydrogen-bond acceptors (Lipinski definition) is 5. The predicted molar refractivity (Wildman–Crippen MR) is 92.7 cm³/mol. The highest BCUT2D eigenvalue weighted by Crippen LogP contribution is 2.33. The average Bonchev–Trinajstić information content (AvgIpc) is 3.03. The summed E-state index contributed by atoms with van der Waals surface area (Å²) >= 11 is 0. The summed E-state index contributed by atoms with van der Waals surface area (Å²) in [5.41, 5.74) is 2.24. The zero-order valence-corrected chi connectivity index (χ0v) is 14.7. The van der Waals surface area contributed by atoms with E-state index in [2.05, 4.69) is 15.1 Å². The summed E-state index contributed by atoms with van der Waals surface area (Å²) in [5, 5.41) is 0. The van der Waals surface area contributed by atoms with E-state index in [0.717, 1.165) is 37.4 Å². The topological polar surface area (TPSA) is 55.8 Å². The molecule has 0 amide bonds. The van der Waals surface area contributed by atoms with Crippen molar-refractivity contribution in [3.05, 3.63) is 59.7 Å². The van der Waals surface area contributed by atoms with Crippen molar-refractivity contribution in [2.45, 2.75) is 18.9 Å². The van der Waals surface area contributed by atoms with Gasteiger partial charge in [0.25, 0.3) is 0 Å². The largest absolute Gasteiger partial charge is 0.496 e. The van der Waals surface area contributed by atoms with E-state index in [1.165, 1.54) is 17.7 Å². The standard InChI is InChI=1S/C18H20FNO4S/c1-23-18-5-3-2-4-17(18)15-10-11-20(13-15)12-14-6-8-16(9-7-14)24-25(19,21)22/h2-9,15H,10-13H2,1H3. The number of benzene rings is 2. The number of hydrogen-bond donors (Lipinski definition) is 0. The van der Waals surface area contributed by atoms with E-state index in [9.17, 15) is 12.3 Å². The lowest BCUT2D eigenvalue weighted by molar-refractivity contribution is 0.325. The highest BCUT2D eigenvalue weighted by atomic mass is 32.3. The number of nitrogens with zero attached hydrogens (tertiary/aromatic N) is 1. The van der Waals surface area contributed by atoms with Crippen LogP contribution in [0.2, 0.25) is 0 Å². The SMILES string of the molecule is COc1ccccc1C1CCN(Cc2ccc(OS(=O)(=O)F)cc2)C1. The van der Waals surface area contributed by atoms with Gasteiger partial charge in [-0.3, -0.25) is 4.90 Å². The van der Waals surface area contributed by atoms with Crippen molar-refractivity contribution in [1.29, 1.82) is 0 Å². The third-order valence-electron chi connectivity index (χ3n) is 4.38. The number of ether oxygens (including phenoxy) is 1. The maximum atomic E-state index is 12.5. The predicted octanol–water partition coefficient (Wildman–Crippen LogP) is 3.28. The minimum atomic E-state index is -4.98. The minimum absolute atomic E-state index is 0.0282. The molecular formula is C18H20FNO4S. The molecule has 134 valence electrons. The van der Waals surface area contributed by atoms with Gasteiger partial charge in [-0.05, 0) is 42.3 Å². The maximum Gasteiger partial charge on any atom is 0.488 e. The van der Waals surface area contributed by atoms with Crippen LogP contribution in [0.4, 0.5) is 3.89 Å². The first-order valence-corrected chi connectivity index (χ1v) is 9.34. The van der Waals surface area contributed by atoms with Crippen molar-refractivity contribution >= 4 is 10.5 Å². The molecule has 1 unspecified atom stereocenters. The average molecular weight is 365 g/mol. The second kappa shape index (κ2) is 7.41. The zero-order valence-electron chi connectivity index (χ0n) is 13.9. The lowest BCUT2D eigenvalue weighted by atomic mass is 9.97. The van der Waals surface area contributed by atoms with Crippen LogP contribution in [0.1, 0.15) is 23.5 Å². The molecule has 3 rings (SSSR count). The van der Waals surface area contributed by atoms with Crippen LogP contribution in [0, 0.1) is 0 Å². The first-order valence-electron chi connectivity index (χ1n) is 8.03. The molecule has 0 saturated carbocycles. The number of halogens is 1. The Balaban J connectivity index is 1.61. The molecule has 2 aromatic carbocycles. The molecule has 0 bridgehead atoms. The van der Waals surface area contributed by atoms with Crippen LogP contribution in [0.5, 0.6) is 11.5 Å². The van der Waals surface area contributed by atoms with Gasteiger partial charge in [0.05, 0.1) is 7.11 Å². The summed E-state index contributed by atoms with van der Waals surface area (Å²) in [6.45, 7) is 2.64. The van der Waals surface area contributed by atoms with Crippen molar-refractivity contribution in [1.82, 2.24) is 4.90 Å². The van der Waals surface area contributed by atoms with Crippen LogP contribution >= 0.6 is 0 Å². The molecule has 5 nitrogen and oxygen atoms in total. The fourth-order valence-corrected chi connectivity index (χ4v) is 3.60. The van der Waals surface area contributed by atoms with Crippen molar-refractivity contribution in [2.75, 3.05) is 20.2 Å². The fraction of sp³-hybridized carbons (Fsp3) is 0.333. The Hall–Kier alpha value is -2.12. The maximum absolute atomic E-state index is 12.5. The van der Waals surface area contributed by atoms with E-state index in [1.807, 2.05) is 18.2 Å². The first-order chi connectivity index (χ1) is 11.9. The van der Waals surface area contributed by atoms with Gasteiger partial charge in [-0.1, -0.05) is 34.2 Å². The molecule has 0 aromatic heterocycles. The third kappa shape index (κ3) is 4.70. The highest BCUT2D eigenvalue weighted by molar-refractivity contribution is 7.81. The number of para-hydroxylation sites is 1. The molecule has 1 saturated heterocycles. The number of methoxy groups -OCH3 is 1. The van der Waals surface area contributed by atoms with Crippen LogP contribution in [-0.4, -0.2) is 33.5 Å². The summed E-state index contributed by atoms with van der Waals surface area (Å²) in [4.78, 5) is 2.33. The van der Waals surface area contributed by atoms with E-state index in [-0.39, 0.29) is 5.75 Å². The zero-order chi connectivity index (χ0) is 17.9. The van der Waals surface area contributed by atoms with Crippen molar-refractivity contribution in [2.24, 2.45) is 0 Å². The quantitative estimate of drug-likeness (QED) is 0.736. The summed E-state index contributed by atoms with van der Waals surface area (Å²) in [6, 6.07) is 14.5. The lowest BCUT2D eigenvalue weighted by Crippen LogP contribution is -2.19. The number of likely N-dealkylation sites (tertiary alicyclic amines) is 1. The second-order valence-electron chi connectivity index (χ2n) is 6.08. The normalized spacial score (nSPS) is 18.2. The molecule has 1 fully saturated rings. The van der Waals surface area contributed by atoms with Gasteiger partial charge in [-0.2, -0.15) is 8.42 Å². The first kappa shape index (κ1) is 17.7. The highest BCUT2D eigenvalue weighted by Gasteiger charge is 2.25. The Labute approximate surface area is 147 Å². The second-order valence-corrected chi connectivity index (χ2v) is 7.04. The Morgan fingerprint density at radius 3 is 2.56 bits per heavy atom. The van der Waals surface area contributed by atoms with Gasteiger partial charge < -0.3 is 8.92 Å². The molecule has 1 aliphatic rings. The molecule has 1 aliphatic heterocycles. The molecule has 1 heterocycles. The van der Waals surface area contributed by atoms with Crippen LogP contribution < -0.4 is 8.92 Å². The monoisotopic (exact) mass is 365 g/mol. The van der Waals surface area contributed by atoms with Gasteiger partial charge in [0.15, 0.2) is 0 Å². The Bertz CT molecular complexity index is 823. The lowest BCUT2D eigenvalue weighted by Gasteiger charge is -2.17. The van der Waals surface area contributed by atoms with Gasteiger partial charge in [-0.25, -0.2) is 0 Å². The van der Waals surface area contributed by atoms with E-state index in [4.69, 9.17) is 4.74 Å². The fourth-order valence-electron chi connectivity index (χ4n) is 3.26. The van der Waals surface area contributed by atoms with Gasteiger partial charge in [0, 0.05) is 19.0 Å². The molecule has 0 aliphatic carbocycles. The Morgan fingerprint density at radius 2 is 1.88 bits per heavy atom. The van der Waals surface area contributed by atoms with Gasteiger partial charge in [0.2, 0.25) is 0 Å². The minimum Gasteiger partial charge on any atom is -0.496 e. The van der Waals surface area contributed by atoms with Crippen molar-refractivity contribution < 1.29 is 21.2 Å². The number of rotatable bonds is 6. The van der Waals surface area contributed by atoms with E-state index < -0.39 is 10.5 Å². The van der Waals surface area contributed by atoms with Gasteiger partial charge in [0.1, 0.15) is 11.5 Å². The third-order valence-corrected chi connectivity index (χ3v) is 4.77. The summed E-state index contributed by atoms with van der Waals surface area (Å²) < 4.78 is 43.1. The van der Waals surface area contributed by atoms with Crippen molar-refractivity contribution in [3.8, 4) is 11.5 Å². The van der Waals surface area contributed by atoms with E-state index in [0.29, 0.717) is 5.92 Å². The molecule has 0 radical (unpaired) electrons. The van der Waals surface area contributed by atoms with Crippen LogP contribution in [0.15, 0.2) is 48.5 Å². The van der Waals surface area contributed by atoms with Crippen molar-refractivity contribution in [3.63, 3.8) is 0 Å². The van der Waals surface area contributed by atoms with Crippen LogP contribution in [0.25, 0.3) is 0 Å². The summed E-state index contributed by atoms with van der Waals surface area (Å²) in [5.74, 6) is 1.32.